The summed E-state index contributed by atoms with van der Waals surface area (Å²) in [5.74, 6) is -0.163. The van der Waals surface area contributed by atoms with Crippen molar-refractivity contribution in [3.05, 3.63) is 23.8 Å². The smallest absolute Gasteiger partial charge is 0.299 e. The highest BCUT2D eigenvalue weighted by Crippen LogP contribution is 2.35. The van der Waals surface area contributed by atoms with E-state index in [0.717, 1.165) is 17.9 Å². The summed E-state index contributed by atoms with van der Waals surface area (Å²) in [7, 11) is 1.66. The van der Waals surface area contributed by atoms with Gasteiger partial charge in [0.05, 0.1) is 11.3 Å². The fourth-order valence-corrected chi connectivity index (χ4v) is 3.24. The van der Waals surface area contributed by atoms with E-state index in [9.17, 15) is 9.59 Å². The average molecular weight is 272 g/mol. The molecule has 4 nitrogen and oxygen atoms in total. The Morgan fingerprint density at radius 1 is 1.20 bits per heavy atom. The molecular weight excluding hydrogens is 252 g/mol. The Labute approximate surface area is 119 Å². The third-order valence-corrected chi connectivity index (χ3v) is 4.79. The fourth-order valence-electron chi connectivity index (χ4n) is 3.24. The van der Waals surface area contributed by atoms with Crippen LogP contribution in [0.5, 0.6) is 0 Å². The molecule has 0 saturated carbocycles. The fraction of sp³-hybridized carbons (Fsp3) is 0.500. The van der Waals surface area contributed by atoms with Gasteiger partial charge in [-0.25, -0.2) is 0 Å². The van der Waals surface area contributed by atoms with Gasteiger partial charge in [0.15, 0.2) is 0 Å². The number of fused-ring (bicyclic) bond motifs is 1. The molecular formula is C16H20N2O2. The predicted octanol–water partition coefficient (Wildman–Crippen LogP) is 2.47. The lowest BCUT2D eigenvalue weighted by atomic mass is 9.91. The number of piperidine rings is 1. The number of Topliss-reactive ketones (excluding diaryl/α,β-unsaturated/α-hetero) is 1. The van der Waals surface area contributed by atoms with Gasteiger partial charge in [-0.05, 0) is 43.9 Å². The van der Waals surface area contributed by atoms with E-state index in [1.165, 1.54) is 17.7 Å². The number of ketones is 1. The van der Waals surface area contributed by atoms with Crippen LogP contribution in [0.2, 0.25) is 0 Å². The van der Waals surface area contributed by atoms with Crippen molar-refractivity contribution >= 4 is 23.1 Å². The van der Waals surface area contributed by atoms with Crippen LogP contribution in [-0.4, -0.2) is 31.3 Å². The predicted molar refractivity (Wildman–Crippen MR) is 79.4 cm³/mol. The molecule has 3 rings (SSSR count). The number of amides is 1. The van der Waals surface area contributed by atoms with E-state index in [2.05, 4.69) is 18.7 Å². The van der Waals surface area contributed by atoms with Crippen LogP contribution in [0.25, 0.3) is 0 Å². The maximum atomic E-state index is 11.8. The maximum absolute atomic E-state index is 11.8. The van der Waals surface area contributed by atoms with E-state index in [0.29, 0.717) is 17.5 Å². The van der Waals surface area contributed by atoms with E-state index in [4.69, 9.17) is 0 Å². The summed E-state index contributed by atoms with van der Waals surface area (Å²) in [6, 6.07) is 6.23. The number of rotatable bonds is 1. The summed E-state index contributed by atoms with van der Waals surface area (Å²) < 4.78 is 0. The van der Waals surface area contributed by atoms with Crippen molar-refractivity contribution in [3.63, 3.8) is 0 Å². The average Bonchev–Trinajstić information content (AvgIpc) is 2.67. The van der Waals surface area contributed by atoms with Crippen molar-refractivity contribution in [3.8, 4) is 0 Å². The van der Waals surface area contributed by atoms with Gasteiger partial charge in [0.25, 0.3) is 11.7 Å². The van der Waals surface area contributed by atoms with E-state index in [-0.39, 0.29) is 0 Å². The molecule has 2 aliphatic rings. The monoisotopic (exact) mass is 272 g/mol. The molecule has 1 saturated heterocycles. The van der Waals surface area contributed by atoms with Gasteiger partial charge in [-0.1, -0.05) is 6.92 Å². The van der Waals surface area contributed by atoms with Crippen LogP contribution >= 0.6 is 0 Å². The lowest BCUT2D eigenvalue weighted by molar-refractivity contribution is -0.114. The second-order valence-electron chi connectivity index (χ2n) is 5.95. The Morgan fingerprint density at radius 3 is 2.70 bits per heavy atom. The van der Waals surface area contributed by atoms with Gasteiger partial charge in [0.1, 0.15) is 0 Å². The number of nitrogens with zero attached hydrogens (tertiary/aromatic N) is 2. The van der Waals surface area contributed by atoms with Gasteiger partial charge in [0, 0.05) is 25.3 Å². The highest BCUT2D eigenvalue weighted by atomic mass is 16.2. The van der Waals surface area contributed by atoms with E-state index >= 15 is 0 Å². The molecule has 4 heteroatoms. The van der Waals surface area contributed by atoms with Crippen molar-refractivity contribution in [1.29, 1.82) is 0 Å². The molecule has 2 aliphatic heterocycles. The number of benzene rings is 1. The maximum Gasteiger partial charge on any atom is 0.299 e. The Morgan fingerprint density at radius 2 is 1.95 bits per heavy atom. The Hall–Kier alpha value is -1.84. The quantitative estimate of drug-likeness (QED) is 0.737. The van der Waals surface area contributed by atoms with Crippen LogP contribution in [-0.2, 0) is 4.79 Å². The minimum Gasteiger partial charge on any atom is -0.368 e. The highest BCUT2D eigenvalue weighted by Gasteiger charge is 2.34. The van der Waals surface area contributed by atoms with Crippen LogP contribution in [0.4, 0.5) is 11.4 Å². The zero-order chi connectivity index (χ0) is 14.4. The van der Waals surface area contributed by atoms with Crippen LogP contribution in [0.1, 0.15) is 37.0 Å². The third kappa shape index (κ3) is 1.82. The summed E-state index contributed by atoms with van der Waals surface area (Å²) in [6.45, 7) is 5.57. The van der Waals surface area contributed by atoms with Crippen molar-refractivity contribution in [2.75, 3.05) is 23.4 Å². The summed E-state index contributed by atoms with van der Waals surface area (Å²) >= 11 is 0. The van der Waals surface area contributed by atoms with Crippen LogP contribution < -0.4 is 9.80 Å². The highest BCUT2D eigenvalue weighted by molar-refractivity contribution is 6.52. The molecule has 0 bridgehead atoms. The molecule has 0 aliphatic carbocycles. The van der Waals surface area contributed by atoms with Gasteiger partial charge in [0.2, 0.25) is 0 Å². The lowest BCUT2D eigenvalue weighted by Gasteiger charge is -2.39. The van der Waals surface area contributed by atoms with E-state index < -0.39 is 11.7 Å². The molecule has 2 unspecified atom stereocenters. The normalized spacial score (nSPS) is 26.1. The molecule has 2 heterocycles. The van der Waals surface area contributed by atoms with Gasteiger partial charge < -0.3 is 9.80 Å². The van der Waals surface area contributed by atoms with Gasteiger partial charge in [-0.15, -0.1) is 0 Å². The Kier molecular flexibility index (Phi) is 3.04. The second-order valence-corrected chi connectivity index (χ2v) is 5.95. The number of hydrogen-bond donors (Lipinski definition) is 0. The van der Waals surface area contributed by atoms with Crippen molar-refractivity contribution < 1.29 is 9.59 Å². The first-order valence-electron chi connectivity index (χ1n) is 7.24. The van der Waals surface area contributed by atoms with Crippen molar-refractivity contribution in [2.24, 2.45) is 5.92 Å². The SMILES string of the molecule is CC1CCCN(c2ccc3c(c2)N(C)C(=O)C3=O)C1C. The molecule has 0 N–H and O–H groups in total. The standard InChI is InChI=1S/C16H20N2O2/c1-10-5-4-8-18(11(10)2)12-6-7-13-14(9-12)17(3)16(20)15(13)19/h6-7,9-11H,4-5,8H2,1-3H3. The second kappa shape index (κ2) is 4.62. The van der Waals surface area contributed by atoms with Gasteiger partial charge >= 0.3 is 0 Å². The number of carbonyl (C=O) groups excluding carboxylic acids is 2. The van der Waals surface area contributed by atoms with Crippen LogP contribution in [0.3, 0.4) is 0 Å². The van der Waals surface area contributed by atoms with Crippen molar-refractivity contribution in [2.45, 2.75) is 32.7 Å². The Balaban J connectivity index is 1.98. The molecule has 0 radical (unpaired) electrons. The summed E-state index contributed by atoms with van der Waals surface area (Å²) in [6.07, 6.45) is 2.45. The van der Waals surface area contributed by atoms with E-state index in [1.54, 1.807) is 13.1 Å². The molecule has 20 heavy (non-hydrogen) atoms. The molecule has 1 aromatic carbocycles. The zero-order valence-corrected chi connectivity index (χ0v) is 12.2. The summed E-state index contributed by atoms with van der Waals surface area (Å²) in [5.41, 5.74) is 2.37. The first kappa shape index (κ1) is 13.2. The molecule has 106 valence electrons. The minimum atomic E-state index is -0.433. The summed E-state index contributed by atoms with van der Waals surface area (Å²) in [4.78, 5) is 27.4. The molecule has 2 atom stereocenters. The van der Waals surface area contributed by atoms with Crippen LogP contribution in [0.15, 0.2) is 18.2 Å². The van der Waals surface area contributed by atoms with E-state index in [1.807, 2.05) is 12.1 Å². The minimum absolute atomic E-state index is 0.394. The van der Waals surface area contributed by atoms with Gasteiger partial charge in [-0.3, -0.25) is 9.59 Å². The van der Waals surface area contributed by atoms with Gasteiger partial charge in [-0.2, -0.15) is 0 Å². The number of carbonyl (C=O) groups is 2. The first-order valence-corrected chi connectivity index (χ1v) is 7.24. The molecule has 0 spiro atoms. The third-order valence-electron chi connectivity index (χ3n) is 4.79. The Bertz CT molecular complexity index is 582. The molecule has 0 aromatic heterocycles. The summed E-state index contributed by atoms with van der Waals surface area (Å²) in [5, 5.41) is 0. The molecule has 1 amide bonds. The largest absolute Gasteiger partial charge is 0.368 e. The first-order chi connectivity index (χ1) is 9.50. The van der Waals surface area contributed by atoms with Crippen LogP contribution in [0, 0.1) is 5.92 Å². The number of hydrogen-bond acceptors (Lipinski definition) is 3. The van der Waals surface area contributed by atoms with Crippen molar-refractivity contribution in [1.82, 2.24) is 0 Å². The molecule has 1 aromatic rings. The number of likely N-dealkylation sites (N-methyl/N-ethyl adjacent to an activating group) is 1. The lowest BCUT2D eigenvalue weighted by Crippen LogP contribution is -2.42. The zero-order valence-electron chi connectivity index (χ0n) is 12.2. The topological polar surface area (TPSA) is 40.6 Å². The molecule has 1 fully saturated rings. The number of anilines is 2.